The van der Waals surface area contributed by atoms with E-state index in [4.69, 9.17) is 5.84 Å². The zero-order valence-electron chi connectivity index (χ0n) is 12.9. The Balaban J connectivity index is 2.15. The number of carbonyl (C=O) groups excluding carboxylic acids is 1. The molecule has 7 heteroatoms. The number of likely N-dealkylation sites (tertiary alicyclic amines) is 1. The van der Waals surface area contributed by atoms with Gasteiger partial charge in [-0.1, -0.05) is 6.92 Å². The summed E-state index contributed by atoms with van der Waals surface area (Å²) in [6.07, 6.45) is 2.89. The Morgan fingerprint density at radius 3 is 2.52 bits per heavy atom. The average molecular weight is 292 g/mol. The van der Waals surface area contributed by atoms with Gasteiger partial charge in [-0.25, -0.2) is 15.8 Å². The zero-order valence-corrected chi connectivity index (χ0v) is 12.9. The van der Waals surface area contributed by atoms with Crippen molar-refractivity contribution in [3.05, 3.63) is 11.4 Å². The SMILES string of the molecule is CCc1nc(NN)c(C)c(NC(C)C(=O)N2CCCC2)n1. The third kappa shape index (κ3) is 3.41. The number of nitrogens with one attached hydrogen (secondary N) is 2. The van der Waals surface area contributed by atoms with Crippen molar-refractivity contribution >= 4 is 17.5 Å². The highest BCUT2D eigenvalue weighted by Gasteiger charge is 2.24. The second kappa shape index (κ2) is 6.71. The molecule has 1 aliphatic heterocycles. The van der Waals surface area contributed by atoms with E-state index in [2.05, 4.69) is 20.7 Å². The van der Waals surface area contributed by atoms with Gasteiger partial charge in [-0.05, 0) is 26.7 Å². The summed E-state index contributed by atoms with van der Waals surface area (Å²) in [4.78, 5) is 23.0. The van der Waals surface area contributed by atoms with Crippen LogP contribution < -0.4 is 16.6 Å². The summed E-state index contributed by atoms with van der Waals surface area (Å²) in [6.45, 7) is 7.42. The quantitative estimate of drug-likeness (QED) is 0.554. The molecular formula is C14H24N6O. The lowest BCUT2D eigenvalue weighted by Crippen LogP contribution is -2.40. The van der Waals surface area contributed by atoms with E-state index >= 15 is 0 Å². The minimum absolute atomic E-state index is 0.116. The molecule has 1 atom stereocenters. The minimum Gasteiger partial charge on any atom is -0.358 e. The van der Waals surface area contributed by atoms with E-state index < -0.39 is 0 Å². The number of nitrogen functional groups attached to an aromatic ring is 1. The van der Waals surface area contributed by atoms with Crippen LogP contribution in [0.3, 0.4) is 0 Å². The highest BCUT2D eigenvalue weighted by molar-refractivity contribution is 5.84. The molecule has 1 saturated heterocycles. The van der Waals surface area contributed by atoms with E-state index in [1.807, 2.05) is 25.7 Å². The molecule has 116 valence electrons. The van der Waals surface area contributed by atoms with Crippen LogP contribution in [0.5, 0.6) is 0 Å². The van der Waals surface area contributed by atoms with Gasteiger partial charge in [0.05, 0.1) is 0 Å². The lowest BCUT2D eigenvalue weighted by Gasteiger charge is -2.22. The van der Waals surface area contributed by atoms with Crippen LogP contribution in [0.2, 0.25) is 0 Å². The molecule has 2 rings (SSSR count). The predicted molar refractivity (Wildman–Crippen MR) is 82.9 cm³/mol. The molecule has 2 heterocycles. The monoisotopic (exact) mass is 292 g/mol. The van der Waals surface area contributed by atoms with Crippen molar-refractivity contribution in [1.82, 2.24) is 14.9 Å². The molecule has 0 radical (unpaired) electrons. The molecule has 1 fully saturated rings. The van der Waals surface area contributed by atoms with Crippen LogP contribution >= 0.6 is 0 Å². The number of nitrogens with two attached hydrogens (primary N) is 1. The number of hydrogen-bond acceptors (Lipinski definition) is 6. The number of aryl methyl sites for hydroxylation is 1. The number of nitrogens with zero attached hydrogens (tertiary/aromatic N) is 3. The third-order valence-electron chi connectivity index (χ3n) is 3.79. The summed E-state index contributed by atoms with van der Waals surface area (Å²) in [5.41, 5.74) is 3.40. The van der Waals surface area contributed by atoms with Crippen LogP contribution in [0.15, 0.2) is 0 Å². The molecule has 21 heavy (non-hydrogen) atoms. The smallest absolute Gasteiger partial charge is 0.244 e. The number of aromatic nitrogens is 2. The van der Waals surface area contributed by atoms with Gasteiger partial charge < -0.3 is 15.6 Å². The van der Waals surface area contributed by atoms with Gasteiger partial charge in [-0.3, -0.25) is 4.79 Å². The zero-order chi connectivity index (χ0) is 15.4. The molecule has 1 unspecified atom stereocenters. The molecule has 1 aromatic rings. The Kier molecular flexibility index (Phi) is 4.95. The van der Waals surface area contributed by atoms with Crippen LogP contribution in [-0.2, 0) is 11.2 Å². The molecule has 0 bridgehead atoms. The average Bonchev–Trinajstić information content (AvgIpc) is 3.02. The van der Waals surface area contributed by atoms with E-state index in [1.165, 1.54) is 0 Å². The number of anilines is 2. The minimum atomic E-state index is -0.313. The summed E-state index contributed by atoms with van der Waals surface area (Å²) in [5, 5.41) is 3.20. The maximum Gasteiger partial charge on any atom is 0.244 e. The highest BCUT2D eigenvalue weighted by Crippen LogP contribution is 2.21. The van der Waals surface area contributed by atoms with Crippen molar-refractivity contribution in [3.8, 4) is 0 Å². The first kappa shape index (κ1) is 15.5. The fourth-order valence-electron chi connectivity index (χ4n) is 2.48. The van der Waals surface area contributed by atoms with Crippen molar-refractivity contribution in [2.75, 3.05) is 23.8 Å². The Bertz CT molecular complexity index is 512. The first-order chi connectivity index (χ1) is 10.1. The summed E-state index contributed by atoms with van der Waals surface area (Å²) < 4.78 is 0. The molecule has 0 aliphatic carbocycles. The van der Waals surface area contributed by atoms with Gasteiger partial charge in [0.1, 0.15) is 23.5 Å². The van der Waals surface area contributed by atoms with Crippen LogP contribution in [0.4, 0.5) is 11.6 Å². The number of hydrogen-bond donors (Lipinski definition) is 3. The molecular weight excluding hydrogens is 268 g/mol. The van der Waals surface area contributed by atoms with E-state index in [0.717, 1.165) is 31.5 Å². The predicted octanol–water partition coefficient (Wildman–Crippen LogP) is 1.06. The topological polar surface area (TPSA) is 96.2 Å². The molecule has 0 aromatic carbocycles. The first-order valence-electron chi connectivity index (χ1n) is 7.46. The number of hydrazine groups is 1. The van der Waals surface area contributed by atoms with Gasteiger partial charge in [-0.15, -0.1) is 0 Å². The van der Waals surface area contributed by atoms with Crippen LogP contribution in [0, 0.1) is 6.92 Å². The summed E-state index contributed by atoms with van der Waals surface area (Å²) in [5.74, 6) is 7.55. The van der Waals surface area contributed by atoms with Crippen molar-refractivity contribution in [3.63, 3.8) is 0 Å². The maximum absolute atomic E-state index is 12.3. The molecule has 0 saturated carbocycles. The van der Waals surface area contributed by atoms with Gasteiger partial charge in [0.2, 0.25) is 5.91 Å². The van der Waals surface area contributed by atoms with Gasteiger partial charge in [0, 0.05) is 25.1 Å². The van der Waals surface area contributed by atoms with Crippen LogP contribution in [0.25, 0.3) is 0 Å². The largest absolute Gasteiger partial charge is 0.358 e. The maximum atomic E-state index is 12.3. The molecule has 4 N–H and O–H groups in total. The van der Waals surface area contributed by atoms with Crippen LogP contribution in [0.1, 0.15) is 38.1 Å². The third-order valence-corrected chi connectivity index (χ3v) is 3.79. The lowest BCUT2D eigenvalue weighted by atomic mass is 10.2. The van der Waals surface area contributed by atoms with E-state index in [-0.39, 0.29) is 11.9 Å². The van der Waals surface area contributed by atoms with Gasteiger partial charge >= 0.3 is 0 Å². The molecule has 7 nitrogen and oxygen atoms in total. The Morgan fingerprint density at radius 2 is 1.95 bits per heavy atom. The van der Waals surface area contributed by atoms with E-state index in [1.54, 1.807) is 0 Å². The van der Waals surface area contributed by atoms with E-state index in [9.17, 15) is 4.79 Å². The molecule has 0 spiro atoms. The number of rotatable bonds is 5. The molecule has 1 aliphatic rings. The van der Waals surface area contributed by atoms with E-state index in [0.29, 0.717) is 23.9 Å². The highest BCUT2D eigenvalue weighted by atomic mass is 16.2. The molecule has 1 amide bonds. The Hall–Kier alpha value is -1.89. The summed E-state index contributed by atoms with van der Waals surface area (Å²) in [6, 6.07) is -0.313. The Morgan fingerprint density at radius 1 is 1.33 bits per heavy atom. The Labute approximate surface area is 125 Å². The van der Waals surface area contributed by atoms with Crippen molar-refractivity contribution in [2.45, 2.75) is 46.1 Å². The van der Waals surface area contributed by atoms with Gasteiger partial charge in [0.15, 0.2) is 0 Å². The standard InChI is InChI=1S/C14H24N6O/c1-4-11-17-12(9(2)13(18-11)19-15)16-10(3)14(21)20-7-5-6-8-20/h10H,4-8,15H2,1-3H3,(H2,16,17,18,19). The van der Waals surface area contributed by atoms with Crippen LogP contribution in [-0.4, -0.2) is 39.9 Å². The number of amides is 1. The van der Waals surface area contributed by atoms with Crippen molar-refractivity contribution in [2.24, 2.45) is 5.84 Å². The normalized spacial score (nSPS) is 15.9. The number of carbonyl (C=O) groups is 1. The second-order valence-electron chi connectivity index (χ2n) is 5.36. The molecule has 1 aromatic heterocycles. The van der Waals surface area contributed by atoms with Gasteiger partial charge in [0.25, 0.3) is 0 Å². The van der Waals surface area contributed by atoms with Gasteiger partial charge in [-0.2, -0.15) is 0 Å². The summed E-state index contributed by atoms with van der Waals surface area (Å²) in [7, 11) is 0. The second-order valence-corrected chi connectivity index (χ2v) is 5.36. The first-order valence-corrected chi connectivity index (χ1v) is 7.46. The fourth-order valence-corrected chi connectivity index (χ4v) is 2.48. The van der Waals surface area contributed by atoms with Crippen molar-refractivity contribution < 1.29 is 4.79 Å². The lowest BCUT2D eigenvalue weighted by molar-refractivity contribution is -0.130. The fraction of sp³-hybridized carbons (Fsp3) is 0.643. The van der Waals surface area contributed by atoms with Crippen molar-refractivity contribution in [1.29, 1.82) is 0 Å². The summed E-state index contributed by atoms with van der Waals surface area (Å²) >= 11 is 0.